The summed E-state index contributed by atoms with van der Waals surface area (Å²) in [6.07, 6.45) is -1.05. The Morgan fingerprint density at radius 2 is 1.77 bits per heavy atom. The molecule has 0 aromatic heterocycles. The minimum atomic E-state index is -1.05. The van der Waals surface area contributed by atoms with Gasteiger partial charge >= 0.3 is 5.97 Å². The second-order valence-corrected chi connectivity index (χ2v) is 5.08. The standard InChI is InChI=1S/C16H11Cl2NO3/c1-21-15-12(18)8-7-11(17)14(15)16(20)22-13(9-19)10-5-3-2-4-6-10/h2-8,13H,1H3. The Morgan fingerprint density at radius 1 is 1.14 bits per heavy atom. The Labute approximate surface area is 137 Å². The summed E-state index contributed by atoms with van der Waals surface area (Å²) in [6.45, 7) is 0. The monoisotopic (exact) mass is 335 g/mol. The Bertz CT molecular complexity index is 726. The Kier molecular flexibility index (Phi) is 5.26. The number of carbonyl (C=O) groups is 1. The van der Waals surface area contributed by atoms with Crippen molar-refractivity contribution in [2.24, 2.45) is 0 Å². The third kappa shape index (κ3) is 3.33. The number of rotatable bonds is 4. The van der Waals surface area contributed by atoms with Gasteiger partial charge in [-0.15, -0.1) is 0 Å². The lowest BCUT2D eigenvalue weighted by atomic mass is 10.1. The number of methoxy groups -OCH3 is 1. The van der Waals surface area contributed by atoms with Gasteiger partial charge in [0.25, 0.3) is 0 Å². The zero-order chi connectivity index (χ0) is 16.1. The number of hydrogen-bond acceptors (Lipinski definition) is 4. The van der Waals surface area contributed by atoms with Gasteiger partial charge in [-0.3, -0.25) is 0 Å². The lowest BCUT2D eigenvalue weighted by molar-refractivity contribution is 0.0401. The molecule has 6 heteroatoms. The van der Waals surface area contributed by atoms with Gasteiger partial charge < -0.3 is 9.47 Å². The molecule has 0 heterocycles. The third-order valence-corrected chi connectivity index (χ3v) is 3.52. The van der Waals surface area contributed by atoms with Crippen LogP contribution in [0.3, 0.4) is 0 Å². The van der Waals surface area contributed by atoms with Crippen LogP contribution in [0.2, 0.25) is 10.0 Å². The molecule has 2 aromatic rings. The minimum Gasteiger partial charge on any atom is -0.494 e. The van der Waals surface area contributed by atoms with Gasteiger partial charge in [0.2, 0.25) is 6.10 Å². The molecule has 0 aliphatic rings. The van der Waals surface area contributed by atoms with E-state index in [4.69, 9.17) is 32.7 Å². The minimum absolute atomic E-state index is 0.00662. The highest BCUT2D eigenvalue weighted by Crippen LogP contribution is 2.35. The quantitative estimate of drug-likeness (QED) is 0.775. The molecule has 0 saturated carbocycles. The Morgan fingerprint density at radius 3 is 2.36 bits per heavy atom. The molecule has 2 rings (SSSR count). The molecule has 22 heavy (non-hydrogen) atoms. The molecule has 0 N–H and O–H groups in total. The summed E-state index contributed by atoms with van der Waals surface area (Å²) in [6, 6.07) is 13.6. The molecular weight excluding hydrogens is 325 g/mol. The zero-order valence-electron chi connectivity index (χ0n) is 11.5. The van der Waals surface area contributed by atoms with Crippen molar-refractivity contribution in [2.45, 2.75) is 6.10 Å². The molecular formula is C16H11Cl2NO3. The maximum absolute atomic E-state index is 12.3. The molecule has 0 amide bonds. The van der Waals surface area contributed by atoms with E-state index in [1.807, 2.05) is 6.07 Å². The fourth-order valence-corrected chi connectivity index (χ4v) is 2.35. The summed E-state index contributed by atoms with van der Waals surface area (Å²) in [5, 5.41) is 9.57. The first kappa shape index (κ1) is 16.2. The summed E-state index contributed by atoms with van der Waals surface area (Å²) in [4.78, 5) is 12.3. The van der Waals surface area contributed by atoms with Crippen LogP contribution < -0.4 is 4.74 Å². The van der Waals surface area contributed by atoms with Crippen molar-refractivity contribution in [3.05, 3.63) is 63.6 Å². The van der Waals surface area contributed by atoms with Gasteiger partial charge in [0.1, 0.15) is 11.6 Å². The average molecular weight is 336 g/mol. The van der Waals surface area contributed by atoms with Crippen molar-refractivity contribution >= 4 is 29.2 Å². The number of halogens is 2. The van der Waals surface area contributed by atoms with E-state index >= 15 is 0 Å². The summed E-state index contributed by atoms with van der Waals surface area (Å²) >= 11 is 12.0. The van der Waals surface area contributed by atoms with Crippen molar-refractivity contribution in [1.29, 1.82) is 5.26 Å². The second kappa shape index (κ2) is 7.17. The van der Waals surface area contributed by atoms with Gasteiger partial charge in [0.05, 0.1) is 17.2 Å². The van der Waals surface area contributed by atoms with Gasteiger partial charge in [0, 0.05) is 5.56 Å². The van der Waals surface area contributed by atoms with E-state index < -0.39 is 12.1 Å². The molecule has 0 saturated heterocycles. The van der Waals surface area contributed by atoms with Gasteiger partial charge in [-0.2, -0.15) is 5.26 Å². The fraction of sp³-hybridized carbons (Fsp3) is 0.125. The predicted molar refractivity (Wildman–Crippen MR) is 83.2 cm³/mol. The fourth-order valence-electron chi connectivity index (χ4n) is 1.89. The molecule has 0 spiro atoms. The lowest BCUT2D eigenvalue weighted by Crippen LogP contribution is -2.12. The molecule has 0 aliphatic carbocycles. The van der Waals surface area contributed by atoms with Crippen molar-refractivity contribution in [2.75, 3.05) is 7.11 Å². The highest BCUT2D eigenvalue weighted by molar-refractivity contribution is 6.37. The smallest absolute Gasteiger partial charge is 0.345 e. The van der Waals surface area contributed by atoms with Crippen molar-refractivity contribution < 1.29 is 14.3 Å². The number of nitriles is 1. The van der Waals surface area contributed by atoms with E-state index in [0.29, 0.717) is 5.56 Å². The first-order chi connectivity index (χ1) is 10.6. The summed E-state index contributed by atoms with van der Waals surface area (Å²) < 4.78 is 10.3. The van der Waals surface area contributed by atoms with Crippen LogP contribution >= 0.6 is 23.2 Å². The average Bonchev–Trinajstić information content (AvgIpc) is 2.54. The molecule has 4 nitrogen and oxygen atoms in total. The van der Waals surface area contributed by atoms with Crippen LogP contribution in [0.5, 0.6) is 5.75 Å². The van der Waals surface area contributed by atoms with E-state index in [9.17, 15) is 10.1 Å². The largest absolute Gasteiger partial charge is 0.494 e. The number of hydrogen-bond donors (Lipinski definition) is 0. The van der Waals surface area contributed by atoms with Gasteiger partial charge in [-0.1, -0.05) is 53.5 Å². The number of ether oxygens (including phenoxy) is 2. The normalized spacial score (nSPS) is 11.4. The van der Waals surface area contributed by atoms with Gasteiger partial charge in [-0.05, 0) is 12.1 Å². The lowest BCUT2D eigenvalue weighted by Gasteiger charge is -2.14. The van der Waals surface area contributed by atoms with Crippen LogP contribution in [-0.2, 0) is 4.74 Å². The van der Waals surface area contributed by atoms with E-state index in [2.05, 4.69) is 0 Å². The molecule has 2 aromatic carbocycles. The Hall–Kier alpha value is -2.22. The van der Waals surface area contributed by atoms with Gasteiger partial charge in [-0.25, -0.2) is 4.79 Å². The molecule has 0 radical (unpaired) electrons. The second-order valence-electron chi connectivity index (χ2n) is 4.26. The van der Waals surface area contributed by atoms with E-state index in [0.717, 1.165) is 0 Å². The Balaban J connectivity index is 2.34. The maximum Gasteiger partial charge on any atom is 0.345 e. The third-order valence-electron chi connectivity index (χ3n) is 2.91. The summed E-state index contributed by atoms with van der Waals surface area (Å²) in [7, 11) is 1.37. The number of carbonyl (C=O) groups excluding carboxylic acids is 1. The first-order valence-electron chi connectivity index (χ1n) is 6.26. The van der Waals surface area contributed by atoms with Crippen LogP contribution in [0, 0.1) is 11.3 Å². The van der Waals surface area contributed by atoms with Crippen LogP contribution in [0.15, 0.2) is 42.5 Å². The van der Waals surface area contributed by atoms with Crippen LogP contribution in [0.1, 0.15) is 22.0 Å². The highest BCUT2D eigenvalue weighted by atomic mass is 35.5. The molecule has 1 atom stereocenters. The molecule has 0 bridgehead atoms. The van der Waals surface area contributed by atoms with E-state index in [-0.39, 0.29) is 21.4 Å². The van der Waals surface area contributed by atoms with Crippen molar-refractivity contribution in [1.82, 2.24) is 0 Å². The maximum atomic E-state index is 12.3. The number of benzene rings is 2. The van der Waals surface area contributed by atoms with Crippen molar-refractivity contribution in [3.8, 4) is 11.8 Å². The van der Waals surface area contributed by atoms with Crippen LogP contribution in [0.25, 0.3) is 0 Å². The van der Waals surface area contributed by atoms with Crippen LogP contribution in [-0.4, -0.2) is 13.1 Å². The molecule has 1 unspecified atom stereocenters. The highest BCUT2D eigenvalue weighted by Gasteiger charge is 2.24. The van der Waals surface area contributed by atoms with Crippen LogP contribution in [0.4, 0.5) is 0 Å². The molecule has 0 fully saturated rings. The topological polar surface area (TPSA) is 59.3 Å². The van der Waals surface area contributed by atoms with E-state index in [1.165, 1.54) is 19.2 Å². The zero-order valence-corrected chi connectivity index (χ0v) is 13.1. The molecule has 0 aliphatic heterocycles. The number of nitrogens with zero attached hydrogens (tertiary/aromatic N) is 1. The first-order valence-corrected chi connectivity index (χ1v) is 7.01. The molecule has 112 valence electrons. The van der Waals surface area contributed by atoms with Gasteiger partial charge in [0.15, 0.2) is 5.75 Å². The SMILES string of the molecule is COc1c(Cl)ccc(Cl)c1C(=O)OC(C#N)c1ccccc1. The van der Waals surface area contributed by atoms with Crippen molar-refractivity contribution in [3.63, 3.8) is 0 Å². The predicted octanol–water partition coefficient (Wildman–Crippen LogP) is 4.42. The number of esters is 1. The van der Waals surface area contributed by atoms with E-state index in [1.54, 1.807) is 30.3 Å². The summed E-state index contributed by atoms with van der Waals surface area (Å²) in [5.74, 6) is -0.663. The summed E-state index contributed by atoms with van der Waals surface area (Å²) in [5.41, 5.74) is 0.559.